The largest absolute Gasteiger partial charge is 2.00 e. The van der Waals surface area contributed by atoms with Gasteiger partial charge >= 0.3 is 19.5 Å². The van der Waals surface area contributed by atoms with Crippen molar-refractivity contribution in [2.24, 2.45) is 0 Å². The maximum absolute atomic E-state index is 10.5. The van der Waals surface area contributed by atoms with Crippen LogP contribution in [0.3, 0.4) is 0 Å². The molecule has 2 aromatic carbocycles. The Balaban J connectivity index is 0.000000364. The molecule has 0 radical (unpaired) electrons. The van der Waals surface area contributed by atoms with Crippen molar-refractivity contribution in [3.05, 3.63) is 59.7 Å². The zero-order valence-corrected chi connectivity index (χ0v) is 16.9. The molecule has 4 nitrogen and oxygen atoms in total. The quantitative estimate of drug-likeness (QED) is 0.577. The van der Waals surface area contributed by atoms with Gasteiger partial charge in [0.15, 0.2) is 0 Å². The van der Waals surface area contributed by atoms with Crippen molar-refractivity contribution in [1.82, 2.24) is 0 Å². The standard InChI is InChI=1S/2C7H9O2P.Zn/c2*1-6-4-2-3-5-7(6)10(8)9;/h2*2-5,10H,1H3,(H,8,9);/q;;+2/p-2. The Bertz CT molecular complexity index is 576. The SMILES string of the molecule is Cc1ccccc1[PH](=O)[O-].Cc1ccccc1[PH](=O)[O-].[Zn+2]. The number of benzene rings is 2. The summed E-state index contributed by atoms with van der Waals surface area (Å²) < 4.78 is 21.0. The molecular formula is C14H16O4P2Zn. The number of aryl methyl sites for hydroxylation is 2. The van der Waals surface area contributed by atoms with Crippen LogP contribution in [0.5, 0.6) is 0 Å². The van der Waals surface area contributed by atoms with Crippen LogP contribution >= 0.6 is 16.1 Å². The summed E-state index contributed by atoms with van der Waals surface area (Å²) in [6, 6.07) is 13.9. The normalized spacial score (nSPS) is 12.4. The van der Waals surface area contributed by atoms with Gasteiger partial charge in [-0.25, -0.2) is 0 Å². The van der Waals surface area contributed by atoms with E-state index in [1.807, 2.05) is 12.1 Å². The first kappa shape index (κ1) is 20.4. The van der Waals surface area contributed by atoms with Crippen LogP contribution in [0.2, 0.25) is 0 Å². The van der Waals surface area contributed by atoms with Gasteiger partial charge in [-0.3, -0.25) is 0 Å². The molecule has 0 N–H and O–H groups in total. The molecule has 0 heterocycles. The zero-order valence-electron chi connectivity index (χ0n) is 12.0. The molecule has 2 unspecified atom stereocenters. The van der Waals surface area contributed by atoms with E-state index in [2.05, 4.69) is 0 Å². The van der Waals surface area contributed by atoms with Gasteiger partial charge in [-0.15, -0.1) is 0 Å². The molecule has 2 aromatic rings. The zero-order chi connectivity index (χ0) is 15.1. The molecule has 0 fully saturated rings. The fourth-order valence-corrected chi connectivity index (χ4v) is 2.88. The first-order valence-electron chi connectivity index (χ1n) is 5.97. The van der Waals surface area contributed by atoms with Crippen molar-refractivity contribution < 1.29 is 38.4 Å². The second-order valence-electron chi connectivity index (χ2n) is 4.20. The Kier molecular flexibility index (Phi) is 9.95. The maximum Gasteiger partial charge on any atom is 2.00 e. The van der Waals surface area contributed by atoms with Crippen molar-refractivity contribution in [3.8, 4) is 0 Å². The van der Waals surface area contributed by atoms with E-state index in [0.717, 1.165) is 11.1 Å². The molecule has 108 valence electrons. The fourth-order valence-electron chi connectivity index (χ4n) is 1.60. The molecule has 0 aliphatic heterocycles. The smallest absolute Gasteiger partial charge is 0.798 e. The van der Waals surface area contributed by atoms with Gasteiger partial charge in [0.2, 0.25) is 0 Å². The number of rotatable bonds is 2. The van der Waals surface area contributed by atoms with Crippen molar-refractivity contribution in [1.29, 1.82) is 0 Å². The summed E-state index contributed by atoms with van der Waals surface area (Å²) in [7, 11) is -5.48. The molecule has 21 heavy (non-hydrogen) atoms. The molecule has 0 spiro atoms. The second-order valence-corrected chi connectivity index (χ2v) is 6.43. The van der Waals surface area contributed by atoms with E-state index in [1.165, 1.54) is 0 Å². The molecule has 0 aliphatic rings. The van der Waals surface area contributed by atoms with Gasteiger partial charge in [0.05, 0.1) is 0 Å². The predicted molar refractivity (Wildman–Crippen MR) is 79.6 cm³/mol. The van der Waals surface area contributed by atoms with Gasteiger partial charge in [-0.1, -0.05) is 48.5 Å². The van der Waals surface area contributed by atoms with Crippen molar-refractivity contribution in [2.45, 2.75) is 13.8 Å². The average Bonchev–Trinajstić information content (AvgIpc) is 2.40. The molecule has 0 saturated heterocycles. The van der Waals surface area contributed by atoms with Crippen LogP contribution < -0.4 is 20.4 Å². The van der Waals surface area contributed by atoms with Crippen molar-refractivity contribution in [2.75, 3.05) is 0 Å². The molecule has 7 heteroatoms. The van der Waals surface area contributed by atoms with Crippen LogP contribution in [0.1, 0.15) is 11.1 Å². The van der Waals surface area contributed by atoms with Crippen LogP contribution in [0.25, 0.3) is 0 Å². The Morgan fingerprint density at radius 2 is 1.00 bits per heavy atom. The summed E-state index contributed by atoms with van der Waals surface area (Å²) in [4.78, 5) is 21.0. The van der Waals surface area contributed by atoms with Crippen LogP contribution in [0, 0.1) is 13.8 Å². The fraction of sp³-hybridized carbons (Fsp3) is 0.143. The molecular weight excluding hydrogens is 359 g/mol. The minimum absolute atomic E-state index is 0. The third kappa shape index (κ3) is 6.82. The van der Waals surface area contributed by atoms with Gasteiger partial charge in [0.25, 0.3) is 0 Å². The minimum atomic E-state index is -2.74. The number of hydrogen-bond donors (Lipinski definition) is 0. The first-order valence-corrected chi connectivity index (χ1v) is 8.60. The third-order valence-corrected chi connectivity index (χ3v) is 4.73. The van der Waals surface area contributed by atoms with Crippen LogP contribution in [0.4, 0.5) is 0 Å². The Labute approximate surface area is 138 Å². The topological polar surface area (TPSA) is 80.3 Å². The van der Waals surface area contributed by atoms with Gasteiger partial charge in [0, 0.05) is 16.1 Å². The van der Waals surface area contributed by atoms with E-state index in [0.29, 0.717) is 10.6 Å². The predicted octanol–water partition coefficient (Wildman–Crippen LogP) is 0.908. The molecule has 0 bridgehead atoms. The van der Waals surface area contributed by atoms with E-state index in [-0.39, 0.29) is 19.5 Å². The van der Waals surface area contributed by atoms with Crippen LogP contribution in [-0.2, 0) is 28.6 Å². The summed E-state index contributed by atoms with van der Waals surface area (Å²) in [5.41, 5.74) is 1.64. The Morgan fingerprint density at radius 1 is 0.714 bits per heavy atom. The summed E-state index contributed by atoms with van der Waals surface area (Å²) in [6.45, 7) is 3.58. The monoisotopic (exact) mass is 374 g/mol. The first-order chi connectivity index (χ1) is 9.43. The molecule has 0 aromatic heterocycles. The average molecular weight is 376 g/mol. The molecule has 2 rings (SSSR count). The molecule has 2 atom stereocenters. The molecule has 0 amide bonds. The van der Waals surface area contributed by atoms with Crippen molar-refractivity contribution >= 4 is 26.7 Å². The van der Waals surface area contributed by atoms with Gasteiger partial charge in [-0.05, 0) is 35.6 Å². The van der Waals surface area contributed by atoms with E-state index in [4.69, 9.17) is 0 Å². The van der Waals surface area contributed by atoms with Gasteiger partial charge in [-0.2, -0.15) is 0 Å². The van der Waals surface area contributed by atoms with Gasteiger partial charge in [0.1, 0.15) is 0 Å². The maximum atomic E-state index is 10.5. The van der Waals surface area contributed by atoms with Crippen LogP contribution in [-0.4, -0.2) is 0 Å². The summed E-state index contributed by atoms with van der Waals surface area (Å²) in [5.74, 6) is 0. The van der Waals surface area contributed by atoms with Crippen molar-refractivity contribution in [3.63, 3.8) is 0 Å². The van der Waals surface area contributed by atoms with E-state index in [1.54, 1.807) is 50.2 Å². The van der Waals surface area contributed by atoms with E-state index < -0.39 is 16.1 Å². The second kappa shape index (κ2) is 10.2. The Hall–Kier alpha value is -0.557. The van der Waals surface area contributed by atoms with E-state index in [9.17, 15) is 18.9 Å². The summed E-state index contributed by atoms with van der Waals surface area (Å²) in [5, 5.41) is 0.903. The third-order valence-electron chi connectivity index (χ3n) is 2.73. The minimum Gasteiger partial charge on any atom is -0.798 e. The van der Waals surface area contributed by atoms with Crippen LogP contribution in [0.15, 0.2) is 48.5 Å². The molecule has 0 saturated carbocycles. The Morgan fingerprint density at radius 3 is 1.19 bits per heavy atom. The van der Waals surface area contributed by atoms with Gasteiger partial charge < -0.3 is 18.9 Å². The summed E-state index contributed by atoms with van der Waals surface area (Å²) in [6.07, 6.45) is 0. The number of hydrogen-bond acceptors (Lipinski definition) is 4. The molecule has 0 aliphatic carbocycles. The van der Waals surface area contributed by atoms with E-state index >= 15 is 0 Å². The summed E-state index contributed by atoms with van der Waals surface area (Å²) >= 11 is 0.